The fourth-order valence-corrected chi connectivity index (χ4v) is 0.718. The van der Waals surface area contributed by atoms with Crippen molar-refractivity contribution in [3.05, 3.63) is 0 Å². The molecule has 0 bridgehead atoms. The van der Waals surface area contributed by atoms with E-state index in [1.165, 1.54) is 0 Å². The molecule has 1 atom stereocenters. The van der Waals surface area contributed by atoms with Crippen LogP contribution in [0.4, 0.5) is 4.79 Å². The fraction of sp³-hybridized carbons (Fsp3) is 0.750. The van der Waals surface area contributed by atoms with Gasteiger partial charge in [0, 0.05) is 12.6 Å². The van der Waals surface area contributed by atoms with Gasteiger partial charge in [-0.05, 0) is 18.5 Å². The van der Waals surface area contributed by atoms with E-state index < -0.39 is 0 Å². The molecule has 0 aromatic heterocycles. The number of rotatable bonds is 0. The summed E-state index contributed by atoms with van der Waals surface area (Å²) in [5, 5.41) is -0.326. The van der Waals surface area contributed by atoms with E-state index in [2.05, 4.69) is 0 Å². The zero-order chi connectivity index (χ0) is 5.44. The van der Waals surface area contributed by atoms with Crippen molar-refractivity contribution >= 4 is 17.0 Å². The van der Waals surface area contributed by atoms with Gasteiger partial charge in [0.15, 0.2) is 0 Å². The van der Waals surface area contributed by atoms with E-state index in [1.807, 2.05) is 6.92 Å². The van der Waals surface area contributed by atoms with E-state index in [-0.39, 0.29) is 5.37 Å². The molecule has 7 heavy (non-hydrogen) atoms. The molecule has 0 N–H and O–H groups in total. The number of carbonyl (C=O) groups excluding carboxylic acids is 1. The van der Waals surface area contributed by atoms with Gasteiger partial charge in [0.2, 0.25) is 0 Å². The van der Waals surface area contributed by atoms with Crippen LogP contribution in [-0.2, 0) is 0 Å². The van der Waals surface area contributed by atoms with Crippen LogP contribution in [0.15, 0.2) is 0 Å². The summed E-state index contributed by atoms with van der Waals surface area (Å²) in [6, 6.07) is 0.394. The van der Waals surface area contributed by atoms with Crippen LogP contribution >= 0.6 is 11.6 Å². The van der Waals surface area contributed by atoms with Gasteiger partial charge >= 0.3 is 5.37 Å². The van der Waals surface area contributed by atoms with Crippen LogP contribution in [-0.4, -0.2) is 22.9 Å². The average molecular weight is 120 g/mol. The zero-order valence-electron chi connectivity index (χ0n) is 4.02. The van der Waals surface area contributed by atoms with Crippen LogP contribution in [0.1, 0.15) is 6.92 Å². The lowest BCUT2D eigenvalue weighted by atomic mass is 10.6. The van der Waals surface area contributed by atoms with Gasteiger partial charge in [0.1, 0.15) is 0 Å². The summed E-state index contributed by atoms with van der Waals surface area (Å²) in [6.07, 6.45) is 0. The van der Waals surface area contributed by atoms with Gasteiger partial charge < -0.3 is 4.90 Å². The SMILES string of the molecule is CC1CN1C(=O)Cl. The van der Waals surface area contributed by atoms with Gasteiger partial charge in [-0.2, -0.15) is 0 Å². The molecule has 0 saturated carbocycles. The molecule has 1 aliphatic heterocycles. The Bertz CT molecular complexity index is 104. The Balaban J connectivity index is 2.33. The second-order valence-corrected chi connectivity index (χ2v) is 2.08. The molecular weight excluding hydrogens is 114 g/mol. The predicted molar refractivity (Wildman–Crippen MR) is 27.4 cm³/mol. The lowest BCUT2D eigenvalue weighted by molar-refractivity contribution is 0.249. The molecule has 40 valence electrons. The Morgan fingerprint density at radius 3 is 2.43 bits per heavy atom. The monoisotopic (exact) mass is 119 g/mol. The Labute approximate surface area is 47.1 Å². The molecule has 3 heteroatoms. The minimum absolute atomic E-state index is 0.326. The lowest BCUT2D eigenvalue weighted by Crippen LogP contribution is -2.00. The fourth-order valence-electron chi connectivity index (χ4n) is 0.483. The first kappa shape index (κ1) is 4.91. The third-order valence-corrected chi connectivity index (χ3v) is 1.30. The van der Waals surface area contributed by atoms with Gasteiger partial charge in [-0.25, -0.2) is 0 Å². The molecule has 1 saturated heterocycles. The molecule has 0 radical (unpaired) electrons. The zero-order valence-corrected chi connectivity index (χ0v) is 4.77. The molecular formula is C4H6ClNO. The lowest BCUT2D eigenvalue weighted by Gasteiger charge is -1.87. The number of hydrogen-bond acceptors (Lipinski definition) is 1. The number of amides is 1. The Morgan fingerprint density at radius 1 is 2.00 bits per heavy atom. The standard InChI is InChI=1S/C4H6ClNO/c1-3-2-6(3)4(5)7/h3H,2H2,1H3. The maximum Gasteiger partial charge on any atom is 0.316 e. The van der Waals surface area contributed by atoms with Gasteiger partial charge in [-0.3, -0.25) is 4.79 Å². The molecule has 1 aliphatic rings. The first-order valence-corrected chi connectivity index (χ1v) is 2.55. The first-order chi connectivity index (χ1) is 3.22. The molecule has 2 nitrogen and oxygen atoms in total. The van der Waals surface area contributed by atoms with Crippen LogP contribution in [0.2, 0.25) is 0 Å². The maximum atomic E-state index is 10.1. The van der Waals surface area contributed by atoms with E-state index in [4.69, 9.17) is 11.6 Å². The highest BCUT2D eigenvalue weighted by Crippen LogP contribution is 2.17. The summed E-state index contributed by atoms with van der Waals surface area (Å²) in [4.78, 5) is 11.7. The molecule has 0 aromatic carbocycles. The van der Waals surface area contributed by atoms with Crippen LogP contribution in [0.3, 0.4) is 0 Å². The second-order valence-electron chi connectivity index (χ2n) is 1.75. The van der Waals surface area contributed by atoms with Crippen LogP contribution in [0.5, 0.6) is 0 Å². The highest BCUT2D eigenvalue weighted by molar-refractivity contribution is 6.63. The van der Waals surface area contributed by atoms with Crippen molar-refractivity contribution in [3.8, 4) is 0 Å². The Morgan fingerprint density at radius 2 is 2.43 bits per heavy atom. The summed E-state index contributed by atoms with van der Waals surface area (Å²) in [5.41, 5.74) is 0. The number of halogens is 1. The van der Waals surface area contributed by atoms with Gasteiger partial charge in [0.05, 0.1) is 0 Å². The first-order valence-electron chi connectivity index (χ1n) is 2.18. The third kappa shape index (κ3) is 0.855. The summed E-state index contributed by atoms with van der Waals surface area (Å²) >= 11 is 5.06. The van der Waals surface area contributed by atoms with Crippen molar-refractivity contribution in [2.45, 2.75) is 13.0 Å². The topological polar surface area (TPSA) is 20.1 Å². The minimum Gasteiger partial charge on any atom is -0.323 e. The molecule has 1 heterocycles. The third-order valence-electron chi connectivity index (χ3n) is 1.09. The Hall–Kier alpha value is -0.240. The van der Waals surface area contributed by atoms with E-state index in [9.17, 15) is 4.79 Å². The average Bonchev–Trinajstić information content (AvgIpc) is 2.17. The molecule has 1 rings (SSSR count). The van der Waals surface area contributed by atoms with Crippen molar-refractivity contribution in [3.63, 3.8) is 0 Å². The summed E-state index contributed by atoms with van der Waals surface area (Å²) in [6.45, 7) is 2.79. The van der Waals surface area contributed by atoms with Gasteiger partial charge in [-0.15, -0.1) is 0 Å². The van der Waals surface area contributed by atoms with Crippen LogP contribution in [0, 0.1) is 0 Å². The summed E-state index contributed by atoms with van der Waals surface area (Å²) in [7, 11) is 0. The Kier molecular flexibility index (Phi) is 0.961. The summed E-state index contributed by atoms with van der Waals surface area (Å²) < 4.78 is 0. The van der Waals surface area contributed by atoms with Crippen LogP contribution in [0.25, 0.3) is 0 Å². The quantitative estimate of drug-likeness (QED) is 0.265. The van der Waals surface area contributed by atoms with E-state index in [0.717, 1.165) is 6.54 Å². The predicted octanol–water partition coefficient (Wildman–Crippen LogP) is 1.05. The second kappa shape index (κ2) is 1.37. The van der Waals surface area contributed by atoms with Crippen LogP contribution < -0.4 is 0 Å². The van der Waals surface area contributed by atoms with Gasteiger partial charge in [0.25, 0.3) is 0 Å². The highest BCUT2D eigenvalue weighted by atomic mass is 35.5. The van der Waals surface area contributed by atoms with Crippen molar-refractivity contribution in [1.29, 1.82) is 0 Å². The minimum atomic E-state index is -0.326. The molecule has 0 aliphatic carbocycles. The van der Waals surface area contributed by atoms with Crippen molar-refractivity contribution in [1.82, 2.24) is 4.90 Å². The van der Waals surface area contributed by atoms with E-state index in [0.29, 0.717) is 6.04 Å². The van der Waals surface area contributed by atoms with Crippen molar-refractivity contribution in [2.75, 3.05) is 6.54 Å². The molecule has 1 fully saturated rings. The van der Waals surface area contributed by atoms with Crippen molar-refractivity contribution in [2.24, 2.45) is 0 Å². The van der Waals surface area contributed by atoms with E-state index >= 15 is 0 Å². The van der Waals surface area contributed by atoms with E-state index in [1.54, 1.807) is 4.90 Å². The van der Waals surface area contributed by atoms with Gasteiger partial charge in [-0.1, -0.05) is 0 Å². The normalized spacial score (nSPS) is 27.7. The molecule has 0 aromatic rings. The molecule has 0 spiro atoms. The smallest absolute Gasteiger partial charge is 0.316 e. The van der Waals surface area contributed by atoms with Crippen molar-refractivity contribution < 1.29 is 4.79 Å². The molecule has 1 amide bonds. The highest BCUT2D eigenvalue weighted by Gasteiger charge is 2.32. The number of nitrogens with zero attached hydrogens (tertiary/aromatic N) is 1. The number of hydrogen-bond donors (Lipinski definition) is 0. The number of carbonyl (C=O) groups is 1. The summed E-state index contributed by atoms with van der Waals surface area (Å²) in [5.74, 6) is 0. The molecule has 1 unspecified atom stereocenters. The largest absolute Gasteiger partial charge is 0.323 e. The maximum absolute atomic E-state index is 10.1.